The summed E-state index contributed by atoms with van der Waals surface area (Å²) in [5.74, 6) is -1.75. The van der Waals surface area contributed by atoms with Gasteiger partial charge in [-0.2, -0.15) is 0 Å². The van der Waals surface area contributed by atoms with Gasteiger partial charge in [0.15, 0.2) is 0 Å². The molecule has 1 aromatic rings. The number of hydrogen-bond donors (Lipinski definition) is 4. The molecule has 1 unspecified atom stereocenters. The molecule has 0 aliphatic carbocycles. The number of likely N-dealkylation sites (N-methyl/N-ethyl adjacent to an activating group) is 1. The van der Waals surface area contributed by atoms with Crippen LogP contribution in [-0.4, -0.2) is 83.8 Å². The van der Waals surface area contributed by atoms with Crippen molar-refractivity contribution in [1.82, 2.24) is 20.4 Å². The summed E-state index contributed by atoms with van der Waals surface area (Å²) in [5.41, 5.74) is 1.83. The molecule has 0 radical (unpaired) electrons. The van der Waals surface area contributed by atoms with E-state index in [0.717, 1.165) is 11.1 Å². The third kappa shape index (κ3) is 6.54. The highest BCUT2D eigenvalue weighted by molar-refractivity contribution is 5.74. The number of nitrogens with one attached hydrogen (secondary N) is 2. The van der Waals surface area contributed by atoms with Gasteiger partial charge in [-0.1, -0.05) is 24.3 Å². The molecule has 0 spiro atoms. The summed E-state index contributed by atoms with van der Waals surface area (Å²) < 4.78 is 0. The van der Waals surface area contributed by atoms with Crippen LogP contribution in [0.1, 0.15) is 11.1 Å². The van der Waals surface area contributed by atoms with E-state index in [0.29, 0.717) is 39.1 Å². The molecule has 9 nitrogen and oxygen atoms in total. The second-order valence-corrected chi connectivity index (χ2v) is 6.52. The van der Waals surface area contributed by atoms with Crippen molar-refractivity contribution in [3.05, 3.63) is 35.4 Å². The summed E-state index contributed by atoms with van der Waals surface area (Å²) >= 11 is 0. The fourth-order valence-corrected chi connectivity index (χ4v) is 2.93. The van der Waals surface area contributed by atoms with E-state index in [2.05, 4.69) is 10.6 Å². The highest BCUT2D eigenvalue weighted by atomic mass is 16.4. The smallest absolute Gasteiger partial charge is 0.321 e. The number of carboxylic acid groups (broad SMARTS) is 2. The largest absolute Gasteiger partial charge is 0.480 e. The van der Waals surface area contributed by atoms with Gasteiger partial charge in [-0.3, -0.25) is 14.5 Å². The van der Waals surface area contributed by atoms with Crippen LogP contribution >= 0.6 is 0 Å². The second-order valence-electron chi connectivity index (χ2n) is 6.52. The van der Waals surface area contributed by atoms with Crippen molar-refractivity contribution < 1.29 is 24.6 Å². The first-order valence-corrected chi connectivity index (χ1v) is 8.84. The molecule has 1 aliphatic rings. The number of piperazine rings is 1. The molecule has 1 aliphatic heterocycles. The van der Waals surface area contributed by atoms with Gasteiger partial charge < -0.3 is 25.7 Å². The summed E-state index contributed by atoms with van der Waals surface area (Å²) in [5, 5.41) is 23.5. The number of rotatable bonds is 8. The first-order valence-electron chi connectivity index (χ1n) is 8.84. The molecule has 1 atom stereocenters. The summed E-state index contributed by atoms with van der Waals surface area (Å²) in [7, 11) is 1.62. The fraction of sp³-hybridized carbons (Fsp3) is 0.500. The highest BCUT2D eigenvalue weighted by Gasteiger charge is 2.22. The lowest BCUT2D eigenvalue weighted by Crippen LogP contribution is -2.52. The van der Waals surface area contributed by atoms with Crippen LogP contribution in [0.15, 0.2) is 24.3 Å². The molecule has 0 bridgehead atoms. The van der Waals surface area contributed by atoms with Crippen LogP contribution < -0.4 is 10.6 Å². The van der Waals surface area contributed by atoms with Crippen LogP contribution in [0.2, 0.25) is 0 Å². The van der Waals surface area contributed by atoms with Gasteiger partial charge in [0.05, 0.1) is 6.54 Å². The minimum Gasteiger partial charge on any atom is -0.480 e. The molecule has 4 N–H and O–H groups in total. The van der Waals surface area contributed by atoms with E-state index in [-0.39, 0.29) is 12.6 Å². The molecule has 2 rings (SSSR count). The molecular weight excluding hydrogens is 352 g/mol. The van der Waals surface area contributed by atoms with Crippen LogP contribution in [0, 0.1) is 0 Å². The standard InChI is InChI=1S/C18H26N4O5/c1-19-15(17(25)26)10-13-2-4-14(5-3-13)11-20-18(27)22-8-6-21(7-9-22)12-16(23)24/h2-5,15,19H,6-12H2,1H3,(H,20,27)(H,23,24)(H,25,26). The molecule has 9 heteroatoms. The number of carbonyl (C=O) groups is 3. The molecule has 148 valence electrons. The van der Waals surface area contributed by atoms with E-state index in [4.69, 9.17) is 10.2 Å². The highest BCUT2D eigenvalue weighted by Crippen LogP contribution is 2.08. The van der Waals surface area contributed by atoms with E-state index in [9.17, 15) is 14.4 Å². The monoisotopic (exact) mass is 378 g/mol. The maximum atomic E-state index is 12.2. The van der Waals surface area contributed by atoms with Crippen LogP contribution in [0.25, 0.3) is 0 Å². The fourth-order valence-electron chi connectivity index (χ4n) is 2.93. The maximum Gasteiger partial charge on any atom is 0.321 e. The molecule has 27 heavy (non-hydrogen) atoms. The number of amides is 2. The zero-order chi connectivity index (χ0) is 19.8. The summed E-state index contributed by atoms with van der Waals surface area (Å²) in [6, 6.07) is 6.66. The first kappa shape index (κ1) is 20.7. The van der Waals surface area contributed by atoms with E-state index in [1.807, 2.05) is 24.3 Å². The van der Waals surface area contributed by atoms with Gasteiger partial charge in [0.25, 0.3) is 0 Å². The van der Waals surface area contributed by atoms with Crippen LogP contribution in [0.3, 0.4) is 0 Å². The van der Waals surface area contributed by atoms with Crippen LogP contribution in [-0.2, 0) is 22.6 Å². The molecule has 0 aromatic heterocycles. The van der Waals surface area contributed by atoms with Crippen molar-refractivity contribution in [2.24, 2.45) is 0 Å². The van der Waals surface area contributed by atoms with Gasteiger partial charge in [0.2, 0.25) is 0 Å². The van der Waals surface area contributed by atoms with Crippen molar-refractivity contribution >= 4 is 18.0 Å². The van der Waals surface area contributed by atoms with Crippen LogP contribution in [0.4, 0.5) is 4.79 Å². The predicted octanol–water partition coefficient (Wildman–Crippen LogP) is -0.186. The lowest BCUT2D eigenvalue weighted by Gasteiger charge is -2.33. The van der Waals surface area contributed by atoms with Crippen molar-refractivity contribution in [2.75, 3.05) is 39.8 Å². The number of carbonyl (C=O) groups excluding carboxylic acids is 1. The third-order valence-corrected chi connectivity index (χ3v) is 4.57. The minimum atomic E-state index is -0.891. The molecule has 1 saturated heterocycles. The van der Waals surface area contributed by atoms with Gasteiger partial charge in [0, 0.05) is 32.7 Å². The van der Waals surface area contributed by atoms with E-state index < -0.39 is 18.0 Å². The van der Waals surface area contributed by atoms with E-state index >= 15 is 0 Å². The van der Waals surface area contributed by atoms with E-state index in [1.54, 1.807) is 16.8 Å². The number of aliphatic carboxylic acids is 2. The SMILES string of the molecule is CNC(Cc1ccc(CNC(=O)N2CCN(CC(=O)O)CC2)cc1)C(=O)O. The molecule has 1 heterocycles. The van der Waals surface area contributed by atoms with Crippen molar-refractivity contribution in [2.45, 2.75) is 19.0 Å². The van der Waals surface area contributed by atoms with Crippen molar-refractivity contribution in [3.8, 4) is 0 Å². The Balaban J connectivity index is 1.77. The number of benzene rings is 1. The Morgan fingerprint density at radius 3 is 2.15 bits per heavy atom. The van der Waals surface area contributed by atoms with E-state index in [1.165, 1.54) is 0 Å². The second kappa shape index (κ2) is 9.89. The number of hydrogen-bond acceptors (Lipinski definition) is 5. The Hall–Kier alpha value is -2.65. The van der Waals surface area contributed by atoms with Crippen LogP contribution in [0.5, 0.6) is 0 Å². The minimum absolute atomic E-state index is 0.00189. The topological polar surface area (TPSA) is 122 Å². The molecule has 2 amide bonds. The summed E-state index contributed by atoms with van der Waals surface area (Å²) in [4.78, 5) is 37.5. The van der Waals surface area contributed by atoms with Gasteiger partial charge in [0.1, 0.15) is 6.04 Å². The van der Waals surface area contributed by atoms with Crippen molar-refractivity contribution in [3.63, 3.8) is 0 Å². The lowest BCUT2D eigenvalue weighted by molar-refractivity contribution is -0.140. The number of carboxylic acids is 2. The average Bonchev–Trinajstić information content (AvgIpc) is 2.65. The lowest BCUT2D eigenvalue weighted by atomic mass is 10.0. The summed E-state index contributed by atoms with van der Waals surface area (Å²) in [6.45, 7) is 2.47. The molecule has 0 saturated carbocycles. The van der Waals surface area contributed by atoms with Crippen molar-refractivity contribution in [1.29, 1.82) is 0 Å². The Morgan fingerprint density at radius 1 is 1.04 bits per heavy atom. The zero-order valence-electron chi connectivity index (χ0n) is 15.4. The van der Waals surface area contributed by atoms with Gasteiger partial charge in [-0.25, -0.2) is 4.79 Å². The Bertz CT molecular complexity index is 656. The molecule has 1 aromatic carbocycles. The number of nitrogens with zero attached hydrogens (tertiary/aromatic N) is 2. The molecule has 1 fully saturated rings. The zero-order valence-corrected chi connectivity index (χ0v) is 15.4. The third-order valence-electron chi connectivity index (χ3n) is 4.57. The first-order chi connectivity index (χ1) is 12.9. The Labute approximate surface area is 157 Å². The average molecular weight is 378 g/mol. The van der Waals surface area contributed by atoms with Gasteiger partial charge >= 0.3 is 18.0 Å². The predicted molar refractivity (Wildman–Crippen MR) is 98.5 cm³/mol. The summed E-state index contributed by atoms with van der Waals surface area (Å²) in [6.07, 6.45) is 0.388. The number of urea groups is 1. The molecular formula is C18H26N4O5. The maximum absolute atomic E-state index is 12.2. The Morgan fingerprint density at radius 2 is 1.63 bits per heavy atom. The quantitative estimate of drug-likeness (QED) is 0.495. The normalized spacial score (nSPS) is 16.0. The van der Waals surface area contributed by atoms with Gasteiger partial charge in [-0.05, 0) is 24.6 Å². The Kier molecular flexibility index (Phi) is 7.56. The van der Waals surface area contributed by atoms with Gasteiger partial charge in [-0.15, -0.1) is 0 Å².